The second kappa shape index (κ2) is 6.40. The maximum absolute atomic E-state index is 11.6. The molecule has 2 rings (SSSR count). The van der Waals surface area contributed by atoms with Crippen LogP contribution < -0.4 is 5.32 Å². The lowest BCUT2D eigenvalue weighted by molar-refractivity contribution is 0.0770. The Morgan fingerprint density at radius 1 is 1.33 bits per heavy atom. The molecule has 1 amide bonds. The Kier molecular flexibility index (Phi) is 4.59. The fraction of sp³-hybridized carbons (Fsp3) is 0.500. The highest BCUT2D eigenvalue weighted by Gasteiger charge is 2.28. The molecule has 0 aromatic heterocycles. The van der Waals surface area contributed by atoms with Gasteiger partial charge in [-0.25, -0.2) is 4.79 Å². The van der Waals surface area contributed by atoms with Gasteiger partial charge in [0.2, 0.25) is 0 Å². The molecule has 0 spiro atoms. The lowest BCUT2D eigenvalue weighted by atomic mass is 10.2. The average Bonchev–Trinajstić information content (AvgIpc) is 2.85. The molecule has 0 bridgehead atoms. The van der Waals surface area contributed by atoms with Crippen molar-refractivity contribution in [2.24, 2.45) is 0 Å². The molecule has 1 fully saturated rings. The number of carbonyl (C=O) groups excluding carboxylic acids is 1. The molecular weight excluding hydrogens is 230 g/mol. The summed E-state index contributed by atoms with van der Waals surface area (Å²) in [6.45, 7) is 0.303. The van der Waals surface area contributed by atoms with Crippen molar-refractivity contribution in [3.8, 4) is 0 Å². The van der Waals surface area contributed by atoms with Gasteiger partial charge in [0, 0.05) is 7.11 Å². The van der Waals surface area contributed by atoms with E-state index in [1.807, 2.05) is 30.3 Å². The largest absolute Gasteiger partial charge is 0.445 e. The van der Waals surface area contributed by atoms with E-state index in [1.54, 1.807) is 7.11 Å². The van der Waals surface area contributed by atoms with E-state index in [0.29, 0.717) is 6.61 Å². The van der Waals surface area contributed by atoms with Crippen LogP contribution in [0.1, 0.15) is 24.8 Å². The van der Waals surface area contributed by atoms with E-state index in [2.05, 4.69) is 5.32 Å². The Hall–Kier alpha value is -1.55. The topological polar surface area (TPSA) is 47.6 Å². The zero-order valence-electron chi connectivity index (χ0n) is 10.6. The van der Waals surface area contributed by atoms with Gasteiger partial charge >= 0.3 is 6.09 Å². The monoisotopic (exact) mass is 249 g/mol. The number of amides is 1. The van der Waals surface area contributed by atoms with E-state index in [-0.39, 0.29) is 18.2 Å². The van der Waals surface area contributed by atoms with Gasteiger partial charge in [-0.15, -0.1) is 0 Å². The molecule has 1 N–H and O–H groups in total. The minimum Gasteiger partial charge on any atom is -0.445 e. The van der Waals surface area contributed by atoms with Crippen LogP contribution in [0.5, 0.6) is 0 Å². The predicted octanol–water partition coefficient (Wildman–Crippen LogP) is 2.48. The van der Waals surface area contributed by atoms with Crippen molar-refractivity contribution in [1.82, 2.24) is 5.32 Å². The van der Waals surface area contributed by atoms with Crippen LogP contribution in [0.25, 0.3) is 0 Å². The molecule has 18 heavy (non-hydrogen) atoms. The van der Waals surface area contributed by atoms with E-state index in [4.69, 9.17) is 9.47 Å². The highest BCUT2D eigenvalue weighted by atomic mass is 16.5. The van der Waals surface area contributed by atoms with Crippen LogP contribution in [-0.4, -0.2) is 25.3 Å². The Bertz CT molecular complexity index is 380. The summed E-state index contributed by atoms with van der Waals surface area (Å²) in [6.07, 6.45) is 2.79. The zero-order chi connectivity index (χ0) is 12.8. The van der Waals surface area contributed by atoms with E-state index in [0.717, 1.165) is 24.8 Å². The van der Waals surface area contributed by atoms with Crippen molar-refractivity contribution >= 4 is 6.09 Å². The summed E-state index contributed by atoms with van der Waals surface area (Å²) in [4.78, 5) is 11.6. The summed E-state index contributed by atoms with van der Waals surface area (Å²) in [7, 11) is 1.68. The number of nitrogens with one attached hydrogen (secondary N) is 1. The molecule has 1 aliphatic carbocycles. The van der Waals surface area contributed by atoms with Crippen LogP contribution in [0, 0.1) is 0 Å². The lowest BCUT2D eigenvalue weighted by Gasteiger charge is -2.19. The van der Waals surface area contributed by atoms with E-state index in [9.17, 15) is 4.79 Å². The van der Waals surface area contributed by atoms with E-state index >= 15 is 0 Å². The third kappa shape index (κ3) is 3.47. The number of ether oxygens (including phenoxy) is 2. The molecule has 98 valence electrons. The second-order valence-corrected chi connectivity index (χ2v) is 4.52. The van der Waals surface area contributed by atoms with E-state index in [1.165, 1.54) is 0 Å². The summed E-state index contributed by atoms with van der Waals surface area (Å²) in [5.74, 6) is 0. The first kappa shape index (κ1) is 12.9. The molecule has 1 aliphatic rings. The highest BCUT2D eigenvalue weighted by Crippen LogP contribution is 2.21. The van der Waals surface area contributed by atoms with Crippen LogP contribution in [-0.2, 0) is 16.1 Å². The van der Waals surface area contributed by atoms with Crippen molar-refractivity contribution in [3.05, 3.63) is 35.9 Å². The number of hydrogen-bond acceptors (Lipinski definition) is 3. The smallest absolute Gasteiger partial charge is 0.407 e. The standard InChI is InChI=1S/C14H19NO3/c1-17-13-9-5-8-12(13)15-14(16)18-10-11-6-3-2-4-7-11/h2-4,6-7,12-13H,5,8-10H2,1H3,(H,15,16). The normalized spacial score (nSPS) is 22.7. The third-order valence-electron chi connectivity index (χ3n) is 3.27. The Morgan fingerprint density at radius 2 is 2.11 bits per heavy atom. The van der Waals surface area contributed by atoms with Crippen molar-refractivity contribution < 1.29 is 14.3 Å². The van der Waals surface area contributed by atoms with Gasteiger partial charge < -0.3 is 14.8 Å². The van der Waals surface area contributed by atoms with Crippen LogP contribution >= 0.6 is 0 Å². The fourth-order valence-corrected chi connectivity index (χ4v) is 2.29. The number of rotatable bonds is 4. The first-order chi connectivity index (χ1) is 8.79. The molecule has 1 saturated carbocycles. The average molecular weight is 249 g/mol. The molecule has 1 aromatic carbocycles. The molecule has 0 aliphatic heterocycles. The first-order valence-electron chi connectivity index (χ1n) is 6.29. The molecule has 0 radical (unpaired) electrons. The van der Waals surface area contributed by atoms with Crippen molar-refractivity contribution in [1.29, 1.82) is 0 Å². The maximum Gasteiger partial charge on any atom is 0.407 e. The molecule has 2 atom stereocenters. The van der Waals surface area contributed by atoms with Crippen LogP contribution in [0.4, 0.5) is 4.79 Å². The minimum absolute atomic E-state index is 0.0817. The Morgan fingerprint density at radius 3 is 2.83 bits per heavy atom. The number of benzene rings is 1. The summed E-state index contributed by atoms with van der Waals surface area (Å²) in [6, 6.07) is 9.73. The summed E-state index contributed by atoms with van der Waals surface area (Å²) < 4.78 is 10.5. The van der Waals surface area contributed by atoms with Crippen LogP contribution in [0.15, 0.2) is 30.3 Å². The van der Waals surface area contributed by atoms with Gasteiger partial charge in [-0.05, 0) is 24.8 Å². The summed E-state index contributed by atoms with van der Waals surface area (Å²) in [5, 5.41) is 2.86. The Labute approximate surface area is 107 Å². The first-order valence-corrected chi connectivity index (χ1v) is 6.29. The van der Waals surface area contributed by atoms with Crippen molar-refractivity contribution in [2.75, 3.05) is 7.11 Å². The number of carbonyl (C=O) groups is 1. The van der Waals surface area contributed by atoms with Gasteiger partial charge in [0.25, 0.3) is 0 Å². The van der Waals surface area contributed by atoms with Crippen LogP contribution in [0.2, 0.25) is 0 Å². The van der Waals surface area contributed by atoms with Crippen molar-refractivity contribution in [2.45, 2.75) is 38.0 Å². The number of methoxy groups -OCH3 is 1. The van der Waals surface area contributed by atoms with Gasteiger partial charge in [-0.1, -0.05) is 30.3 Å². The van der Waals surface area contributed by atoms with Gasteiger partial charge in [0.1, 0.15) is 6.61 Å². The number of hydrogen-bond donors (Lipinski definition) is 1. The third-order valence-corrected chi connectivity index (χ3v) is 3.27. The maximum atomic E-state index is 11.6. The second-order valence-electron chi connectivity index (χ2n) is 4.52. The van der Waals surface area contributed by atoms with Gasteiger partial charge in [0.05, 0.1) is 12.1 Å². The highest BCUT2D eigenvalue weighted by molar-refractivity contribution is 5.67. The van der Waals surface area contributed by atoms with Gasteiger partial charge in [-0.2, -0.15) is 0 Å². The predicted molar refractivity (Wildman–Crippen MR) is 68.2 cm³/mol. The summed E-state index contributed by atoms with van der Waals surface area (Å²) in [5.41, 5.74) is 0.988. The van der Waals surface area contributed by atoms with Crippen molar-refractivity contribution in [3.63, 3.8) is 0 Å². The summed E-state index contributed by atoms with van der Waals surface area (Å²) >= 11 is 0. The molecule has 4 heteroatoms. The molecule has 1 aromatic rings. The van der Waals surface area contributed by atoms with E-state index < -0.39 is 0 Å². The van der Waals surface area contributed by atoms with Gasteiger partial charge in [-0.3, -0.25) is 0 Å². The molecule has 2 unspecified atom stereocenters. The zero-order valence-corrected chi connectivity index (χ0v) is 10.6. The molecule has 0 saturated heterocycles. The quantitative estimate of drug-likeness (QED) is 0.891. The lowest BCUT2D eigenvalue weighted by Crippen LogP contribution is -2.40. The number of alkyl carbamates (subject to hydrolysis) is 1. The molecule has 4 nitrogen and oxygen atoms in total. The SMILES string of the molecule is COC1CCCC1NC(=O)OCc1ccccc1. The molecule has 0 heterocycles. The Balaban J connectivity index is 1.75. The van der Waals surface area contributed by atoms with Crippen LogP contribution in [0.3, 0.4) is 0 Å². The fourth-order valence-electron chi connectivity index (χ4n) is 2.29. The minimum atomic E-state index is -0.368. The molecular formula is C14H19NO3. The van der Waals surface area contributed by atoms with Gasteiger partial charge in [0.15, 0.2) is 0 Å².